The lowest BCUT2D eigenvalue weighted by Gasteiger charge is -2.55. The topological polar surface area (TPSA) is 6.48 Å². The predicted octanol–water partition coefficient (Wildman–Crippen LogP) is 19.3. The minimum absolute atomic E-state index is 0.0413. The molecular weight excluding hydrogens is 972 g/mol. The van der Waals surface area contributed by atoms with Gasteiger partial charge >= 0.3 is 0 Å². The van der Waals surface area contributed by atoms with E-state index in [1.165, 1.54) is 155 Å². The molecule has 408 valence electrons. The van der Waals surface area contributed by atoms with E-state index in [9.17, 15) is 0 Å². The van der Waals surface area contributed by atoms with Gasteiger partial charge in [0.2, 0.25) is 0 Å². The lowest BCUT2D eigenvalue weighted by molar-refractivity contribution is 0.327. The first-order chi connectivity index (χ1) is 36.7. The Balaban J connectivity index is 1.13. The SMILES string of the molecule is Cc1cc2c3c(c1)N(c1ccc(C(C)(C)C)cc1-c1cc4c(cc1C)C(C)(C)CCC4(C)C)c1c(sc4cc5c(cc14)C(C)(C)CCC5(C)C)B3c1ccc3c4c1N2c1cc2c(cc1C4(C)CCC3(C)C)C(C)(C)CCC2(C)C. The van der Waals surface area contributed by atoms with Crippen molar-refractivity contribution in [2.75, 3.05) is 9.80 Å². The summed E-state index contributed by atoms with van der Waals surface area (Å²) in [4.78, 5) is 5.69. The molecule has 7 aliphatic rings. The molecule has 0 amide bonds. The zero-order chi connectivity index (χ0) is 56.2. The van der Waals surface area contributed by atoms with Crippen LogP contribution in [0.5, 0.6) is 0 Å². The Morgan fingerprint density at radius 3 is 1.51 bits per heavy atom. The number of benzene rings is 6. The van der Waals surface area contributed by atoms with E-state index in [1.54, 1.807) is 27.8 Å². The lowest BCUT2D eigenvalue weighted by Crippen LogP contribution is -2.62. The second-order valence-corrected chi connectivity index (χ2v) is 33.7. The van der Waals surface area contributed by atoms with Gasteiger partial charge in [-0.15, -0.1) is 11.3 Å². The maximum Gasteiger partial charge on any atom is 0.264 e. The molecule has 4 heteroatoms. The van der Waals surface area contributed by atoms with Crippen molar-refractivity contribution in [2.45, 2.75) is 239 Å². The molecule has 6 aromatic carbocycles. The number of fused-ring (bicyclic) bond motifs is 12. The molecule has 0 saturated carbocycles. The summed E-state index contributed by atoms with van der Waals surface area (Å²) < 4.78 is 2.92. The van der Waals surface area contributed by atoms with E-state index >= 15 is 0 Å². The van der Waals surface area contributed by atoms with Crippen molar-refractivity contribution in [1.29, 1.82) is 0 Å². The average molecular weight is 1060 g/mol. The van der Waals surface area contributed by atoms with E-state index in [-0.39, 0.29) is 55.4 Å². The molecular formula is C75H89BN2S. The highest BCUT2D eigenvalue weighted by Gasteiger charge is 2.55. The van der Waals surface area contributed by atoms with E-state index in [4.69, 9.17) is 0 Å². The maximum absolute atomic E-state index is 2.86. The second-order valence-electron chi connectivity index (χ2n) is 32.6. The summed E-state index contributed by atoms with van der Waals surface area (Å²) in [5.41, 5.74) is 32.4. The summed E-state index contributed by atoms with van der Waals surface area (Å²) >= 11 is 2.11. The van der Waals surface area contributed by atoms with Crippen LogP contribution in [0.2, 0.25) is 0 Å². The Kier molecular flexibility index (Phi) is 10.4. The molecule has 79 heavy (non-hydrogen) atoms. The van der Waals surface area contributed by atoms with Gasteiger partial charge < -0.3 is 9.80 Å². The molecule has 4 heterocycles. The summed E-state index contributed by atoms with van der Waals surface area (Å²) in [6, 6.07) is 34.2. The second kappa shape index (κ2) is 15.7. The molecule has 14 rings (SSSR count). The Hall–Kier alpha value is -5.06. The van der Waals surface area contributed by atoms with Crippen molar-refractivity contribution < 1.29 is 0 Å². The van der Waals surface area contributed by atoms with Gasteiger partial charge in [-0.1, -0.05) is 155 Å². The van der Waals surface area contributed by atoms with E-state index in [0.717, 1.165) is 6.42 Å². The molecule has 0 N–H and O–H groups in total. The van der Waals surface area contributed by atoms with Gasteiger partial charge in [0, 0.05) is 42.9 Å². The molecule has 0 radical (unpaired) electrons. The minimum atomic E-state index is -0.126. The van der Waals surface area contributed by atoms with Gasteiger partial charge in [0.05, 0.1) is 17.1 Å². The van der Waals surface area contributed by atoms with Crippen molar-refractivity contribution >= 4 is 78.0 Å². The minimum Gasteiger partial charge on any atom is -0.311 e. The van der Waals surface area contributed by atoms with Crippen LogP contribution in [-0.2, 0) is 48.7 Å². The van der Waals surface area contributed by atoms with Crippen molar-refractivity contribution in [1.82, 2.24) is 0 Å². The number of hydrogen-bond acceptors (Lipinski definition) is 3. The molecule has 0 fully saturated rings. The zero-order valence-electron chi connectivity index (χ0n) is 52.0. The molecule has 4 aliphatic carbocycles. The van der Waals surface area contributed by atoms with Crippen molar-refractivity contribution in [3.05, 3.63) is 146 Å². The fraction of sp³-hybridized carbons (Fsp3) is 0.493. The third kappa shape index (κ3) is 7.00. The van der Waals surface area contributed by atoms with Crippen LogP contribution in [0.15, 0.2) is 78.9 Å². The summed E-state index contributed by atoms with van der Waals surface area (Å²) in [5, 5.41) is 1.41. The first-order valence-corrected chi connectivity index (χ1v) is 31.5. The smallest absolute Gasteiger partial charge is 0.264 e. The van der Waals surface area contributed by atoms with Gasteiger partial charge in [-0.2, -0.15) is 0 Å². The molecule has 1 atom stereocenters. The van der Waals surface area contributed by atoms with Gasteiger partial charge in [0.1, 0.15) is 0 Å². The van der Waals surface area contributed by atoms with Crippen molar-refractivity contribution in [3.8, 4) is 11.1 Å². The van der Waals surface area contributed by atoms with Crippen molar-refractivity contribution in [3.63, 3.8) is 0 Å². The Morgan fingerprint density at radius 1 is 0.430 bits per heavy atom. The van der Waals surface area contributed by atoms with Crippen LogP contribution in [0, 0.1) is 13.8 Å². The molecule has 1 unspecified atom stereocenters. The molecule has 2 nitrogen and oxygen atoms in total. The molecule has 0 saturated heterocycles. The lowest BCUT2D eigenvalue weighted by atomic mass is 9.35. The summed E-state index contributed by atoms with van der Waals surface area (Å²) in [6.07, 6.45) is 9.51. The van der Waals surface area contributed by atoms with Gasteiger partial charge in [-0.25, -0.2) is 0 Å². The van der Waals surface area contributed by atoms with Gasteiger partial charge in [-0.3, -0.25) is 0 Å². The third-order valence-corrected chi connectivity index (χ3v) is 24.1. The first-order valence-electron chi connectivity index (χ1n) is 30.7. The van der Waals surface area contributed by atoms with E-state index in [2.05, 4.69) is 238 Å². The number of rotatable bonds is 2. The van der Waals surface area contributed by atoms with Crippen LogP contribution >= 0.6 is 11.3 Å². The summed E-state index contributed by atoms with van der Waals surface area (Å²) in [5.74, 6) is 0. The highest BCUT2D eigenvalue weighted by molar-refractivity contribution is 7.33. The monoisotopic (exact) mass is 1060 g/mol. The maximum atomic E-state index is 2.86. The van der Waals surface area contributed by atoms with E-state index in [1.807, 2.05) is 0 Å². The average Bonchev–Trinajstić information content (AvgIpc) is 2.16. The highest BCUT2D eigenvalue weighted by Crippen LogP contribution is 2.64. The number of anilines is 6. The third-order valence-electron chi connectivity index (χ3n) is 22.9. The highest BCUT2D eigenvalue weighted by atomic mass is 32.1. The first kappa shape index (κ1) is 52.0. The fourth-order valence-electron chi connectivity index (χ4n) is 17.1. The van der Waals surface area contributed by atoms with Crippen LogP contribution in [0.3, 0.4) is 0 Å². The predicted molar refractivity (Wildman–Crippen MR) is 344 cm³/mol. The molecule has 0 spiro atoms. The number of thiophene rings is 1. The fourth-order valence-corrected chi connectivity index (χ4v) is 18.5. The van der Waals surface area contributed by atoms with Gasteiger partial charge in [-0.05, 0) is 240 Å². The molecule has 7 aromatic rings. The van der Waals surface area contributed by atoms with Crippen LogP contribution < -0.4 is 25.5 Å². The normalized spacial score (nSPS) is 23.2. The van der Waals surface area contributed by atoms with Crippen molar-refractivity contribution in [2.24, 2.45) is 0 Å². The summed E-state index contributed by atoms with van der Waals surface area (Å²) in [6.45, 7) is 49.9. The zero-order valence-corrected chi connectivity index (χ0v) is 52.9. The van der Waals surface area contributed by atoms with Crippen LogP contribution in [0.25, 0.3) is 21.2 Å². The number of nitrogens with zero attached hydrogens (tertiary/aromatic N) is 2. The van der Waals surface area contributed by atoms with Crippen LogP contribution in [-0.4, -0.2) is 6.71 Å². The summed E-state index contributed by atoms with van der Waals surface area (Å²) in [7, 11) is 0. The Bertz CT molecular complexity index is 3870. The Labute approximate surface area is 480 Å². The van der Waals surface area contributed by atoms with Crippen LogP contribution in [0.1, 0.15) is 243 Å². The quantitative estimate of drug-likeness (QED) is 0.159. The van der Waals surface area contributed by atoms with Crippen LogP contribution in [0.4, 0.5) is 34.1 Å². The van der Waals surface area contributed by atoms with Gasteiger partial charge in [0.15, 0.2) is 0 Å². The molecule has 1 aromatic heterocycles. The van der Waals surface area contributed by atoms with Gasteiger partial charge in [0.25, 0.3) is 6.71 Å². The van der Waals surface area contributed by atoms with E-state index < -0.39 is 0 Å². The molecule has 3 aliphatic heterocycles. The molecule has 0 bridgehead atoms. The standard InChI is InChI=1S/C75H89BN2S/c1-42-33-59-63-60(34-42)78-58-40-53-52(72(14,15)28-29-73(53,16)17)39-55(58)75(20)32-31-68(6,7)48-22-23-56(65(78)62(48)75)76(63)66-64(47-38-51-54(41-61(47)79-66)74(18,19)30-27-71(51,12)13)77(59)57-24-21-44(67(3,4)5)36-46(57)45-37-50-49(35-43(45)2)69(8,9)25-26-70(50,10)11/h21-24,33-41H,25-32H2,1-20H3. The number of aryl methyl sites for hydroxylation is 2. The Morgan fingerprint density at radius 2 is 0.924 bits per heavy atom. The largest absolute Gasteiger partial charge is 0.311 e. The van der Waals surface area contributed by atoms with E-state index in [0.29, 0.717) is 0 Å². The number of hydrogen-bond donors (Lipinski definition) is 0.